The number of carbonyl (C=O) groups is 2. The molecule has 2 N–H and O–H groups in total. The normalized spacial score (nSPS) is 14.1. The molecule has 0 saturated carbocycles. The minimum atomic E-state index is -0.273. The highest BCUT2D eigenvalue weighted by Crippen LogP contribution is 2.22. The molecule has 0 atom stereocenters. The highest BCUT2D eigenvalue weighted by Gasteiger charge is 2.25. The second-order valence-corrected chi connectivity index (χ2v) is 8.35. The lowest BCUT2D eigenvalue weighted by molar-refractivity contribution is -0.127. The first-order chi connectivity index (χ1) is 13.7. The molecule has 1 aliphatic rings. The number of carbonyl (C=O) groups excluding carboxylic acids is 2. The van der Waals surface area contributed by atoms with Crippen LogP contribution in [0.3, 0.4) is 0 Å². The van der Waals surface area contributed by atoms with E-state index in [9.17, 15) is 9.59 Å². The number of nitrogens with one attached hydrogen (secondary N) is 2. The van der Waals surface area contributed by atoms with Gasteiger partial charge in [-0.25, -0.2) is 4.98 Å². The molecule has 2 amide bonds. The van der Waals surface area contributed by atoms with Crippen LogP contribution in [0.15, 0.2) is 42.6 Å². The topological polar surface area (TPSA) is 79.3 Å². The summed E-state index contributed by atoms with van der Waals surface area (Å²) in [7, 11) is 0. The van der Waals surface area contributed by atoms with Gasteiger partial charge >= 0.3 is 0 Å². The van der Waals surface area contributed by atoms with Crippen LogP contribution in [0.2, 0.25) is 5.02 Å². The minimum absolute atomic E-state index is 0.00418. The number of hydrogen-bond acceptors (Lipinski definition) is 4. The summed E-state index contributed by atoms with van der Waals surface area (Å²) in [4.78, 5) is 31.1. The van der Waals surface area contributed by atoms with Crippen LogP contribution in [0.5, 0.6) is 0 Å². The van der Waals surface area contributed by atoms with E-state index in [0.29, 0.717) is 48.4 Å². The third-order valence-electron chi connectivity index (χ3n) is 4.54. The molecule has 1 aromatic carbocycles. The third kappa shape index (κ3) is 5.46. The molecule has 1 aromatic heterocycles. The van der Waals surface area contributed by atoms with Crippen LogP contribution in [0.4, 0.5) is 5.69 Å². The fourth-order valence-corrected chi connectivity index (χ4v) is 3.19. The van der Waals surface area contributed by atoms with Crippen molar-refractivity contribution in [2.45, 2.75) is 39.4 Å². The monoisotopic (exact) mass is 415 g/mol. The van der Waals surface area contributed by atoms with Crippen molar-refractivity contribution in [1.29, 1.82) is 0 Å². The Morgan fingerprint density at radius 1 is 1.24 bits per heavy atom. The van der Waals surface area contributed by atoms with E-state index in [2.05, 4.69) is 36.4 Å². The van der Waals surface area contributed by atoms with E-state index < -0.39 is 0 Å². The molecular weight excluding hydrogens is 390 g/mol. The van der Waals surface area contributed by atoms with Crippen molar-refractivity contribution < 1.29 is 9.59 Å². The van der Waals surface area contributed by atoms with Crippen LogP contribution >= 0.6 is 11.6 Å². The second kappa shape index (κ2) is 8.80. The second-order valence-electron chi connectivity index (χ2n) is 7.94. The van der Waals surface area contributed by atoms with Gasteiger partial charge in [-0.1, -0.05) is 29.8 Å². The van der Waals surface area contributed by atoms with Gasteiger partial charge in [0.1, 0.15) is 11.5 Å². The van der Waals surface area contributed by atoms with Gasteiger partial charge in [0.05, 0.1) is 23.5 Å². The third-order valence-corrected chi connectivity index (χ3v) is 4.87. The zero-order valence-corrected chi connectivity index (χ0v) is 17.7. The number of rotatable bonds is 5. The Morgan fingerprint density at radius 3 is 2.72 bits per heavy atom. The number of imidazole rings is 1. The summed E-state index contributed by atoms with van der Waals surface area (Å²) in [5.41, 5.74) is 1.01. The zero-order chi connectivity index (χ0) is 21.0. The van der Waals surface area contributed by atoms with E-state index in [4.69, 9.17) is 11.6 Å². The molecule has 0 spiro atoms. The fourth-order valence-electron chi connectivity index (χ4n) is 3.01. The van der Waals surface area contributed by atoms with Crippen molar-refractivity contribution in [2.75, 3.05) is 18.4 Å². The Bertz CT molecular complexity index is 929. The van der Waals surface area contributed by atoms with Crippen molar-refractivity contribution in [3.05, 3.63) is 59.2 Å². The molecule has 154 valence electrons. The number of anilines is 1. The van der Waals surface area contributed by atoms with Gasteiger partial charge in [-0.2, -0.15) is 0 Å². The number of nitrogens with zero attached hydrogens (tertiary/aromatic N) is 3. The van der Waals surface area contributed by atoms with Gasteiger partial charge in [0.2, 0.25) is 5.91 Å². The number of aromatic nitrogens is 2. The molecular formula is C21H26ClN5O2. The molecule has 7 nitrogen and oxygen atoms in total. The SMILES string of the molecule is CC(C)(C)NC/C=C/C(=O)N1CCn2c(C(=O)Nc3ccccc3Cl)cnc2C1. The standard InChI is InChI=1S/C21H26ClN5O2/c1-21(2,3)24-10-6-9-19(28)26-11-12-27-17(13-23-18(27)14-26)20(29)25-16-8-5-4-7-15(16)22/h4-9,13,24H,10-12,14H2,1-3H3,(H,25,29)/b9-6+. The summed E-state index contributed by atoms with van der Waals surface area (Å²) in [6.07, 6.45) is 4.96. The van der Waals surface area contributed by atoms with Crippen LogP contribution < -0.4 is 10.6 Å². The molecule has 0 radical (unpaired) electrons. The fraction of sp³-hybridized carbons (Fsp3) is 0.381. The lowest BCUT2D eigenvalue weighted by Gasteiger charge is -2.27. The summed E-state index contributed by atoms with van der Waals surface area (Å²) < 4.78 is 1.85. The lowest BCUT2D eigenvalue weighted by Crippen LogP contribution is -2.39. The predicted octanol–water partition coefficient (Wildman–Crippen LogP) is 3.08. The number of fused-ring (bicyclic) bond motifs is 1. The number of amides is 2. The summed E-state index contributed by atoms with van der Waals surface area (Å²) in [6.45, 7) is 8.26. The molecule has 0 aliphatic carbocycles. The molecule has 0 saturated heterocycles. The van der Waals surface area contributed by atoms with Crippen LogP contribution in [0.1, 0.15) is 37.1 Å². The molecule has 0 bridgehead atoms. The van der Waals surface area contributed by atoms with E-state index in [-0.39, 0.29) is 17.4 Å². The van der Waals surface area contributed by atoms with E-state index in [1.165, 1.54) is 0 Å². The number of benzene rings is 1. The Morgan fingerprint density at radius 2 is 2.00 bits per heavy atom. The van der Waals surface area contributed by atoms with Gasteiger partial charge in [-0.05, 0) is 32.9 Å². The summed E-state index contributed by atoms with van der Waals surface area (Å²) >= 11 is 6.11. The van der Waals surface area contributed by atoms with Crippen molar-refractivity contribution >= 4 is 29.1 Å². The molecule has 3 rings (SSSR count). The van der Waals surface area contributed by atoms with Crippen LogP contribution in [-0.4, -0.2) is 44.9 Å². The smallest absolute Gasteiger partial charge is 0.273 e. The summed E-state index contributed by atoms with van der Waals surface area (Å²) in [5.74, 6) is 0.358. The van der Waals surface area contributed by atoms with Crippen LogP contribution in [0.25, 0.3) is 0 Å². The van der Waals surface area contributed by atoms with Crippen molar-refractivity contribution in [2.24, 2.45) is 0 Å². The first kappa shape index (κ1) is 21.1. The molecule has 2 aromatic rings. The molecule has 2 heterocycles. The predicted molar refractivity (Wildman–Crippen MR) is 114 cm³/mol. The maximum absolute atomic E-state index is 12.6. The van der Waals surface area contributed by atoms with Crippen molar-refractivity contribution in [3.63, 3.8) is 0 Å². The highest BCUT2D eigenvalue weighted by molar-refractivity contribution is 6.33. The Kier molecular flexibility index (Phi) is 6.39. The first-order valence-electron chi connectivity index (χ1n) is 9.55. The molecule has 0 unspecified atom stereocenters. The average molecular weight is 416 g/mol. The lowest BCUT2D eigenvalue weighted by atomic mass is 10.1. The van der Waals surface area contributed by atoms with Crippen LogP contribution in [0, 0.1) is 0 Å². The van der Waals surface area contributed by atoms with Crippen LogP contribution in [-0.2, 0) is 17.9 Å². The van der Waals surface area contributed by atoms with E-state index in [1.807, 2.05) is 10.6 Å². The largest absolute Gasteiger partial charge is 0.330 e. The van der Waals surface area contributed by atoms with Gasteiger partial charge in [-0.3, -0.25) is 9.59 Å². The molecule has 0 fully saturated rings. The van der Waals surface area contributed by atoms with Gasteiger partial charge < -0.3 is 20.1 Å². The van der Waals surface area contributed by atoms with Crippen molar-refractivity contribution in [1.82, 2.24) is 19.8 Å². The van der Waals surface area contributed by atoms with E-state index in [0.717, 1.165) is 0 Å². The summed E-state index contributed by atoms with van der Waals surface area (Å²) in [5, 5.41) is 6.60. The molecule has 8 heteroatoms. The Balaban J connectivity index is 1.62. The van der Waals surface area contributed by atoms with E-state index >= 15 is 0 Å². The maximum Gasteiger partial charge on any atom is 0.273 e. The zero-order valence-electron chi connectivity index (χ0n) is 16.9. The number of para-hydroxylation sites is 1. The van der Waals surface area contributed by atoms with Crippen molar-refractivity contribution in [3.8, 4) is 0 Å². The highest BCUT2D eigenvalue weighted by atomic mass is 35.5. The first-order valence-corrected chi connectivity index (χ1v) is 9.93. The quantitative estimate of drug-likeness (QED) is 0.735. The number of halogens is 1. The average Bonchev–Trinajstić information content (AvgIpc) is 3.09. The van der Waals surface area contributed by atoms with Gasteiger partial charge in [0.25, 0.3) is 5.91 Å². The van der Waals surface area contributed by atoms with Gasteiger partial charge in [-0.15, -0.1) is 0 Å². The molecule has 29 heavy (non-hydrogen) atoms. The van der Waals surface area contributed by atoms with Gasteiger partial charge in [0.15, 0.2) is 0 Å². The van der Waals surface area contributed by atoms with E-state index in [1.54, 1.807) is 41.4 Å². The van der Waals surface area contributed by atoms with Gasteiger partial charge in [0, 0.05) is 31.2 Å². The summed E-state index contributed by atoms with van der Waals surface area (Å²) in [6, 6.07) is 7.07. The maximum atomic E-state index is 12.6. The molecule has 1 aliphatic heterocycles. The Hall–Kier alpha value is -2.64. The minimum Gasteiger partial charge on any atom is -0.330 e. The number of hydrogen-bond donors (Lipinski definition) is 2. The Labute approximate surface area is 175 Å².